The van der Waals surface area contributed by atoms with Gasteiger partial charge >= 0.3 is 0 Å². The van der Waals surface area contributed by atoms with Gasteiger partial charge in [0, 0.05) is 47.9 Å². The summed E-state index contributed by atoms with van der Waals surface area (Å²) < 4.78 is 2.61. The zero-order valence-corrected chi connectivity index (χ0v) is 37.3. The predicted molar refractivity (Wildman–Crippen MR) is 257 cm³/mol. The zero-order valence-electron chi connectivity index (χ0n) is 36.5. The van der Waals surface area contributed by atoms with Crippen LogP contribution in [0.5, 0.6) is 0 Å². The monoisotopic (exact) mass is 785 g/mol. The summed E-state index contributed by atoms with van der Waals surface area (Å²) >= 11 is 1.89. The molecule has 7 aromatic carbocycles. The maximum Gasteiger partial charge on any atom is 0.0478 e. The van der Waals surface area contributed by atoms with E-state index < -0.39 is 0 Å². The average Bonchev–Trinajstić information content (AvgIpc) is 3.76. The molecule has 0 spiro atoms. The number of hydrogen-bond donors (Lipinski definition) is 1. The first-order valence-electron chi connectivity index (χ1n) is 21.4. The molecule has 10 rings (SSSR count). The van der Waals surface area contributed by atoms with Crippen molar-refractivity contribution in [3.8, 4) is 44.5 Å². The third-order valence-electron chi connectivity index (χ3n) is 13.7. The van der Waals surface area contributed by atoms with Gasteiger partial charge < -0.3 is 5.32 Å². The highest BCUT2D eigenvalue weighted by molar-refractivity contribution is 7.25. The van der Waals surface area contributed by atoms with Crippen molar-refractivity contribution in [2.75, 3.05) is 5.32 Å². The molecule has 0 fully saturated rings. The standard InChI is InChI=1S/C57H55NS/c1-33-19-12-13-20-35(33)50-38(27-28-43-52(50)51-44(55(5,6)7)29-34(54(2,3)4)30-45(51)56(43,8)9)40-31-41-37-22-15-17-26-48(37)59-49(41)32-47(40)58-46-25-18-23-39-36-21-14-16-24-42(36)57(10,11)53(39)46/h12-32,58H,1-11H3. The number of rotatable bonds is 4. The van der Waals surface area contributed by atoms with E-state index in [4.69, 9.17) is 0 Å². The van der Waals surface area contributed by atoms with E-state index in [-0.39, 0.29) is 21.7 Å². The fourth-order valence-electron chi connectivity index (χ4n) is 10.5. The van der Waals surface area contributed by atoms with Gasteiger partial charge in [0.15, 0.2) is 0 Å². The lowest BCUT2D eigenvalue weighted by Crippen LogP contribution is -2.21. The molecule has 294 valence electrons. The molecule has 1 heterocycles. The third-order valence-corrected chi connectivity index (χ3v) is 14.8. The van der Waals surface area contributed by atoms with Gasteiger partial charge in [-0.2, -0.15) is 0 Å². The summed E-state index contributed by atoms with van der Waals surface area (Å²) in [6.45, 7) is 26.2. The first-order chi connectivity index (χ1) is 28.0. The van der Waals surface area contributed by atoms with Crippen LogP contribution in [0.3, 0.4) is 0 Å². The summed E-state index contributed by atoms with van der Waals surface area (Å²) in [5, 5.41) is 6.78. The second kappa shape index (κ2) is 12.8. The van der Waals surface area contributed by atoms with Crippen LogP contribution >= 0.6 is 11.3 Å². The molecule has 1 N–H and O–H groups in total. The molecule has 1 nitrogen and oxygen atoms in total. The van der Waals surface area contributed by atoms with E-state index in [2.05, 4.69) is 209 Å². The number of anilines is 2. The number of thiophene rings is 1. The molecule has 0 bridgehead atoms. The molecule has 8 aromatic rings. The molecule has 0 amide bonds. The second-order valence-corrected chi connectivity index (χ2v) is 21.4. The van der Waals surface area contributed by atoms with Crippen molar-refractivity contribution in [1.29, 1.82) is 0 Å². The van der Waals surface area contributed by atoms with Gasteiger partial charge in [0.05, 0.1) is 0 Å². The molecule has 0 unspecified atom stereocenters. The molecule has 0 saturated heterocycles. The van der Waals surface area contributed by atoms with Gasteiger partial charge in [-0.15, -0.1) is 11.3 Å². The zero-order chi connectivity index (χ0) is 41.4. The van der Waals surface area contributed by atoms with Crippen LogP contribution in [0.2, 0.25) is 0 Å². The Labute approximate surface area is 355 Å². The quantitative estimate of drug-likeness (QED) is 0.187. The third kappa shape index (κ3) is 5.62. The summed E-state index contributed by atoms with van der Waals surface area (Å²) in [5.41, 5.74) is 22.2. The topological polar surface area (TPSA) is 12.0 Å². The van der Waals surface area contributed by atoms with E-state index in [1.807, 2.05) is 11.3 Å². The van der Waals surface area contributed by atoms with Crippen LogP contribution in [-0.2, 0) is 21.7 Å². The van der Waals surface area contributed by atoms with Gasteiger partial charge in [0.1, 0.15) is 0 Å². The fourth-order valence-corrected chi connectivity index (χ4v) is 11.6. The minimum Gasteiger partial charge on any atom is -0.355 e. The molecule has 0 atom stereocenters. The molecule has 59 heavy (non-hydrogen) atoms. The summed E-state index contributed by atoms with van der Waals surface area (Å²) in [7, 11) is 0. The van der Waals surface area contributed by atoms with Crippen molar-refractivity contribution in [2.45, 2.75) is 97.8 Å². The molecule has 0 saturated carbocycles. The Morgan fingerprint density at radius 1 is 0.458 bits per heavy atom. The molecular formula is C57H55NS. The molecule has 2 aliphatic carbocycles. The van der Waals surface area contributed by atoms with Crippen molar-refractivity contribution in [3.05, 3.63) is 166 Å². The van der Waals surface area contributed by atoms with Gasteiger partial charge in [-0.05, 0) is 120 Å². The van der Waals surface area contributed by atoms with Crippen molar-refractivity contribution in [2.24, 2.45) is 0 Å². The van der Waals surface area contributed by atoms with Crippen LogP contribution < -0.4 is 5.32 Å². The van der Waals surface area contributed by atoms with E-state index in [0.717, 1.165) is 5.69 Å². The number of nitrogens with one attached hydrogen (secondary N) is 1. The first-order valence-corrected chi connectivity index (χ1v) is 22.2. The highest BCUT2D eigenvalue weighted by atomic mass is 32.1. The Hall–Kier alpha value is -5.44. The normalized spacial score (nSPS) is 15.0. The summed E-state index contributed by atoms with van der Waals surface area (Å²) in [6.07, 6.45) is 0. The van der Waals surface area contributed by atoms with Crippen molar-refractivity contribution in [3.63, 3.8) is 0 Å². The van der Waals surface area contributed by atoms with E-state index in [0.29, 0.717) is 0 Å². The second-order valence-electron chi connectivity index (χ2n) is 20.3. The summed E-state index contributed by atoms with van der Waals surface area (Å²) in [4.78, 5) is 0. The fraction of sp³-hybridized carbons (Fsp3) is 0.263. The minimum absolute atomic E-state index is 0.0245. The Morgan fingerprint density at radius 3 is 1.90 bits per heavy atom. The Morgan fingerprint density at radius 2 is 1.15 bits per heavy atom. The van der Waals surface area contributed by atoms with Gasteiger partial charge in [0.2, 0.25) is 0 Å². The van der Waals surface area contributed by atoms with Gasteiger partial charge in [-0.25, -0.2) is 0 Å². The summed E-state index contributed by atoms with van der Waals surface area (Å²) in [6, 6.07) is 48.7. The van der Waals surface area contributed by atoms with E-state index in [1.165, 1.54) is 109 Å². The van der Waals surface area contributed by atoms with Gasteiger partial charge in [-0.1, -0.05) is 172 Å². The smallest absolute Gasteiger partial charge is 0.0478 e. The molecular weight excluding hydrogens is 731 g/mol. The Bertz CT molecular complexity index is 3040. The van der Waals surface area contributed by atoms with Crippen LogP contribution in [0.25, 0.3) is 64.7 Å². The largest absolute Gasteiger partial charge is 0.355 e. The molecule has 2 aliphatic rings. The van der Waals surface area contributed by atoms with Crippen LogP contribution in [0.15, 0.2) is 127 Å². The van der Waals surface area contributed by atoms with Crippen molar-refractivity contribution < 1.29 is 0 Å². The minimum atomic E-state index is -0.179. The molecule has 0 aliphatic heterocycles. The highest BCUT2D eigenvalue weighted by Crippen LogP contribution is 2.59. The number of benzene rings is 7. The van der Waals surface area contributed by atoms with Crippen LogP contribution in [0.1, 0.15) is 108 Å². The maximum absolute atomic E-state index is 4.16. The van der Waals surface area contributed by atoms with Gasteiger partial charge in [-0.3, -0.25) is 0 Å². The number of fused-ring (bicyclic) bond motifs is 9. The van der Waals surface area contributed by atoms with Crippen molar-refractivity contribution in [1.82, 2.24) is 0 Å². The number of hydrogen-bond acceptors (Lipinski definition) is 2. The maximum atomic E-state index is 4.16. The van der Waals surface area contributed by atoms with Gasteiger partial charge in [0.25, 0.3) is 0 Å². The lowest BCUT2D eigenvalue weighted by atomic mass is 9.74. The van der Waals surface area contributed by atoms with Crippen LogP contribution in [0.4, 0.5) is 11.4 Å². The lowest BCUT2D eigenvalue weighted by Gasteiger charge is -2.30. The number of aryl methyl sites for hydroxylation is 1. The van der Waals surface area contributed by atoms with Crippen LogP contribution in [0, 0.1) is 6.92 Å². The SMILES string of the molecule is Cc1ccccc1-c1c(-c2cc3c(cc2Nc2cccc4c2C(C)(C)c2ccccc2-4)sc2ccccc23)ccc2c1-c1c(C(C)(C)C)cc(C(C)(C)C)cc1C2(C)C. The van der Waals surface area contributed by atoms with E-state index in [1.54, 1.807) is 0 Å². The predicted octanol–water partition coefficient (Wildman–Crippen LogP) is 16.6. The summed E-state index contributed by atoms with van der Waals surface area (Å²) in [5.74, 6) is 0. The molecule has 0 radical (unpaired) electrons. The molecule has 2 heteroatoms. The lowest BCUT2D eigenvalue weighted by molar-refractivity contribution is 0.564. The average molecular weight is 786 g/mol. The van der Waals surface area contributed by atoms with E-state index in [9.17, 15) is 0 Å². The Kier molecular flexibility index (Phi) is 8.19. The Balaban J connectivity index is 1.31. The van der Waals surface area contributed by atoms with Crippen molar-refractivity contribution >= 4 is 42.9 Å². The van der Waals surface area contributed by atoms with E-state index >= 15 is 0 Å². The highest BCUT2D eigenvalue weighted by Gasteiger charge is 2.42. The van der Waals surface area contributed by atoms with Crippen LogP contribution in [-0.4, -0.2) is 0 Å². The first kappa shape index (κ1) is 37.8. The molecule has 1 aromatic heterocycles.